The average Bonchev–Trinajstić information content (AvgIpc) is 1.51. The smallest absolute Gasteiger partial charge is 0.0755 e. The van der Waals surface area contributed by atoms with Crippen LogP contribution in [0.4, 0.5) is 68.2 Å². The lowest BCUT2D eigenvalue weighted by Gasteiger charge is -2.45. The van der Waals surface area contributed by atoms with E-state index < -0.39 is 10.8 Å². The van der Waals surface area contributed by atoms with Crippen molar-refractivity contribution >= 4 is 112 Å². The summed E-state index contributed by atoms with van der Waals surface area (Å²) in [6, 6.07) is 210. The van der Waals surface area contributed by atoms with Crippen LogP contribution in [0.5, 0.6) is 0 Å². The summed E-state index contributed by atoms with van der Waals surface area (Å²) in [6.07, 6.45) is 0. The monoisotopic (exact) mass is 1860 g/mol. The van der Waals surface area contributed by atoms with Gasteiger partial charge < -0.3 is 28.7 Å². The second-order valence-electron chi connectivity index (χ2n) is 38.3. The van der Waals surface area contributed by atoms with Gasteiger partial charge in [-0.3, -0.25) is 0 Å². The summed E-state index contributed by atoms with van der Waals surface area (Å²) < 4.78 is 4.78. The second kappa shape index (κ2) is 35.0. The van der Waals surface area contributed by atoms with E-state index in [1.807, 2.05) is 0 Å². The molecule has 0 atom stereocenters. The molecule has 4 aliphatic rings. The van der Waals surface area contributed by atoms with Gasteiger partial charge in [0.15, 0.2) is 0 Å². The molecule has 25 aromatic rings. The van der Waals surface area contributed by atoms with Crippen molar-refractivity contribution in [2.24, 2.45) is 0 Å². The molecule has 0 radical (unpaired) electrons. The number of benzene rings is 23. The van der Waals surface area contributed by atoms with E-state index in [0.29, 0.717) is 0 Å². The normalized spacial score (nSPS) is 12.9. The van der Waals surface area contributed by atoms with Crippen LogP contribution in [0.15, 0.2) is 570 Å². The molecule has 4 heterocycles. The predicted octanol–water partition coefficient (Wildman–Crippen LogP) is 37.1. The summed E-state index contributed by atoms with van der Waals surface area (Å²) in [7, 11) is 0. The summed E-state index contributed by atoms with van der Waals surface area (Å²) >= 11 is 0. The number of fused-ring (bicyclic) bond motifs is 24. The van der Waals surface area contributed by atoms with Crippen LogP contribution >= 0.6 is 0 Å². The minimum Gasteiger partial charge on any atom is -0.310 e. The summed E-state index contributed by atoms with van der Waals surface area (Å²) in [4.78, 5) is 9.94. The van der Waals surface area contributed by atoms with Gasteiger partial charge in [0.25, 0.3) is 0 Å². The highest BCUT2D eigenvalue weighted by Gasteiger charge is 2.55. The molecule has 2 aromatic heterocycles. The Morgan fingerprint density at radius 1 is 0.151 bits per heavy atom. The van der Waals surface area contributed by atoms with E-state index in [-0.39, 0.29) is 0 Å². The zero-order valence-corrected chi connectivity index (χ0v) is 80.0. The van der Waals surface area contributed by atoms with Crippen LogP contribution in [0.3, 0.4) is 0 Å². The van der Waals surface area contributed by atoms with Gasteiger partial charge in [-0.05, 0) is 258 Å². The fourth-order valence-corrected chi connectivity index (χ4v) is 24.7. The van der Waals surface area contributed by atoms with E-state index in [0.717, 1.165) is 90.3 Å². The molecule has 0 fully saturated rings. The van der Waals surface area contributed by atoms with Gasteiger partial charge in [0, 0.05) is 77.9 Å². The summed E-state index contributed by atoms with van der Waals surface area (Å²) in [6.45, 7) is 0. The molecule has 2 aliphatic heterocycles. The Balaban J connectivity index is 0.000000142. The molecule has 2 aliphatic carbocycles. The summed E-state index contributed by atoms with van der Waals surface area (Å²) in [5.41, 5.74) is 46.2. The van der Waals surface area contributed by atoms with Crippen molar-refractivity contribution in [1.82, 2.24) is 9.13 Å². The molecule has 0 saturated carbocycles. The molecule has 0 bridgehead atoms. The molecule has 6 heteroatoms. The van der Waals surface area contributed by atoms with Crippen molar-refractivity contribution in [2.75, 3.05) is 19.6 Å². The lowest BCUT2D eigenvalue weighted by Crippen LogP contribution is -2.36. The number of hydrogen-bond donors (Lipinski definition) is 0. The number of rotatable bonds is 15. The SMILES string of the molecule is c1ccc(-c2cccc(-c3ccccc3N(c3ccc(-c4ccc(-n5c6ccccc6c6ccccc65)cc4)cc3)c3cccc4c3-c3ccccc3C43c4ccccc4N(c4ccccc4)c4ccccc43)c2)cc1.c1ccc(-c2cccc(-c3ccccc3N(c3ccc(-n4c5ccccc5c5ccccc54)cc3)c3cccc4c3-c3ccccc3C43c4ccccc4N(c4ccccc4)c4ccccc43)c2)cc1. The molecule has 0 N–H and O–H groups in total. The topological polar surface area (TPSA) is 22.8 Å². The van der Waals surface area contributed by atoms with Crippen LogP contribution < -0.4 is 19.6 Å². The molecule has 684 valence electrons. The molecule has 6 nitrogen and oxygen atoms in total. The molecule has 0 amide bonds. The quantitative estimate of drug-likeness (QED) is 0.102. The summed E-state index contributed by atoms with van der Waals surface area (Å²) in [5, 5.41) is 5.03. The van der Waals surface area contributed by atoms with Crippen molar-refractivity contribution < 1.29 is 0 Å². The highest BCUT2D eigenvalue weighted by atomic mass is 15.2. The molecular formula is C140H94N6. The van der Waals surface area contributed by atoms with Crippen molar-refractivity contribution in [3.05, 3.63) is 615 Å². The molecular weight excluding hydrogens is 1770 g/mol. The van der Waals surface area contributed by atoms with Crippen molar-refractivity contribution in [3.63, 3.8) is 0 Å². The van der Waals surface area contributed by atoms with Crippen LogP contribution in [0.1, 0.15) is 44.5 Å². The van der Waals surface area contributed by atoms with Crippen LogP contribution in [0.25, 0.3) is 133 Å². The first-order chi connectivity index (χ1) is 72.5. The maximum Gasteiger partial charge on any atom is 0.0755 e. The summed E-state index contributed by atoms with van der Waals surface area (Å²) in [5.74, 6) is 0. The first-order valence-electron chi connectivity index (χ1n) is 50.4. The second-order valence-corrected chi connectivity index (χ2v) is 38.3. The third-order valence-electron chi connectivity index (χ3n) is 30.8. The fourth-order valence-electron chi connectivity index (χ4n) is 24.7. The van der Waals surface area contributed by atoms with Crippen molar-refractivity contribution in [1.29, 1.82) is 0 Å². The van der Waals surface area contributed by atoms with Crippen LogP contribution in [-0.4, -0.2) is 9.13 Å². The Hall–Kier alpha value is -19.1. The lowest BCUT2D eigenvalue weighted by molar-refractivity contribution is 0.752. The molecule has 2 spiro atoms. The number of hydrogen-bond acceptors (Lipinski definition) is 4. The Morgan fingerprint density at radius 3 is 0.767 bits per heavy atom. The maximum absolute atomic E-state index is 2.52. The van der Waals surface area contributed by atoms with E-state index in [4.69, 9.17) is 0 Å². The van der Waals surface area contributed by atoms with Gasteiger partial charge in [-0.25, -0.2) is 0 Å². The highest BCUT2D eigenvalue weighted by Crippen LogP contribution is 2.68. The van der Waals surface area contributed by atoms with Gasteiger partial charge in [0.05, 0.1) is 78.4 Å². The van der Waals surface area contributed by atoms with E-state index >= 15 is 0 Å². The molecule has 23 aromatic carbocycles. The Morgan fingerprint density at radius 2 is 0.397 bits per heavy atom. The number of anilines is 12. The van der Waals surface area contributed by atoms with Gasteiger partial charge in [-0.1, -0.05) is 413 Å². The zero-order valence-electron chi connectivity index (χ0n) is 80.0. The first-order valence-corrected chi connectivity index (χ1v) is 50.4. The van der Waals surface area contributed by atoms with Crippen LogP contribution in [0, 0.1) is 0 Å². The van der Waals surface area contributed by atoms with Gasteiger partial charge in [-0.2, -0.15) is 0 Å². The largest absolute Gasteiger partial charge is 0.310 e. The van der Waals surface area contributed by atoms with E-state index in [2.05, 4.69) is 599 Å². The first kappa shape index (κ1) is 84.9. The third-order valence-corrected chi connectivity index (χ3v) is 30.8. The minimum atomic E-state index is -0.606. The molecule has 0 unspecified atom stereocenters. The van der Waals surface area contributed by atoms with Crippen LogP contribution in [0.2, 0.25) is 0 Å². The molecule has 0 saturated heterocycles. The Bertz CT molecular complexity index is 9190. The highest BCUT2D eigenvalue weighted by molar-refractivity contribution is 6.12. The maximum atomic E-state index is 2.52. The molecule has 29 rings (SSSR count). The fraction of sp³-hybridized carbons (Fsp3) is 0.0143. The number of aromatic nitrogens is 2. The van der Waals surface area contributed by atoms with E-state index in [9.17, 15) is 0 Å². The van der Waals surface area contributed by atoms with Gasteiger partial charge in [0.2, 0.25) is 0 Å². The van der Waals surface area contributed by atoms with Crippen LogP contribution in [-0.2, 0) is 10.8 Å². The van der Waals surface area contributed by atoms with Crippen molar-refractivity contribution in [2.45, 2.75) is 10.8 Å². The Kier molecular flexibility index (Phi) is 20.3. The molecule has 146 heavy (non-hydrogen) atoms. The third kappa shape index (κ3) is 13.3. The van der Waals surface area contributed by atoms with E-state index in [1.165, 1.54) is 155 Å². The van der Waals surface area contributed by atoms with Gasteiger partial charge in [0.1, 0.15) is 0 Å². The predicted molar refractivity (Wildman–Crippen MR) is 609 cm³/mol. The van der Waals surface area contributed by atoms with E-state index in [1.54, 1.807) is 0 Å². The lowest BCUT2D eigenvalue weighted by atomic mass is 9.64. The van der Waals surface area contributed by atoms with Gasteiger partial charge in [-0.15, -0.1) is 0 Å². The Labute approximate surface area is 849 Å². The van der Waals surface area contributed by atoms with Gasteiger partial charge >= 0.3 is 0 Å². The average molecular weight is 1860 g/mol. The number of nitrogens with zero attached hydrogens (tertiary/aromatic N) is 6. The zero-order chi connectivity index (χ0) is 96.3. The van der Waals surface area contributed by atoms with Crippen molar-refractivity contribution in [3.8, 4) is 89.3 Å². The number of para-hydroxylation sites is 12. The minimum absolute atomic E-state index is 0.601. The standard InChI is InChI=1S/C73H49N3.C67H45N3/c1-3-21-50(22-4-1)53-23-19-24-54(49-53)58-27-8-14-35-66(58)75(57-47-43-52(44-48-57)51-41-45-56(46-42-51)74-67-36-15-9-28-59(67)60-29-10-16-37-68(60)74)71-40-20-34-65-72(71)61-30-7-11-31-62(61)73(65)63-32-12-17-38-69(63)76(55-25-5-2-6-26-55)70-39-18-13-33-64(70)73;1-3-21-46(22-4-1)47-23-19-24-48(45-47)52-27-8-14-35-60(52)69(51-43-41-50(42-44-51)68-61-36-15-9-28-53(61)54-29-10-16-37-62(54)68)65-40-20-34-59-66(65)55-30-7-11-31-56(55)67(59)57-32-12-17-38-63(57)70(49-25-5-2-6-26-49)64-39-18-13-33-58(64)67/h1-49H;1-45H.